The Labute approximate surface area is 90.7 Å². The van der Waals surface area contributed by atoms with Crippen LogP contribution < -0.4 is 5.32 Å². The van der Waals surface area contributed by atoms with Crippen molar-refractivity contribution in [3.63, 3.8) is 0 Å². The predicted molar refractivity (Wildman–Crippen MR) is 51.3 cm³/mol. The lowest BCUT2D eigenvalue weighted by atomic mass is 10.1. The van der Waals surface area contributed by atoms with E-state index in [4.69, 9.17) is 0 Å². The maximum Gasteiger partial charge on any atom is 0.254 e. The Morgan fingerprint density at radius 1 is 1.31 bits per heavy atom. The molecule has 0 spiro atoms. The van der Waals surface area contributed by atoms with E-state index in [1.165, 1.54) is 0 Å². The van der Waals surface area contributed by atoms with E-state index in [9.17, 15) is 18.0 Å². The molecule has 0 aliphatic carbocycles. The van der Waals surface area contributed by atoms with E-state index >= 15 is 0 Å². The van der Waals surface area contributed by atoms with E-state index in [1.807, 2.05) is 0 Å². The van der Waals surface area contributed by atoms with Gasteiger partial charge >= 0.3 is 0 Å². The molecule has 1 N–H and O–H groups in total. The van der Waals surface area contributed by atoms with Gasteiger partial charge in [-0.1, -0.05) is 0 Å². The van der Waals surface area contributed by atoms with Gasteiger partial charge in [-0.3, -0.25) is 4.79 Å². The largest absolute Gasteiger partial charge is 0.347 e. The van der Waals surface area contributed by atoms with Crippen LogP contribution >= 0.6 is 0 Å². The third-order valence-corrected chi connectivity index (χ3v) is 1.62. The first-order valence-electron chi connectivity index (χ1n) is 4.55. The van der Waals surface area contributed by atoms with E-state index in [0.717, 1.165) is 0 Å². The summed E-state index contributed by atoms with van der Waals surface area (Å²) in [6.45, 7) is 4.99. The quantitative estimate of drug-likeness (QED) is 0.753. The summed E-state index contributed by atoms with van der Waals surface area (Å²) in [5.74, 6) is -5.20. The molecule has 0 aliphatic heterocycles. The Bertz CT molecular complexity index is 427. The summed E-state index contributed by atoms with van der Waals surface area (Å²) in [7, 11) is 0. The first kappa shape index (κ1) is 12.5. The lowest BCUT2D eigenvalue weighted by Gasteiger charge is -2.20. The van der Waals surface area contributed by atoms with Crippen LogP contribution in [-0.4, -0.2) is 16.4 Å². The molecule has 1 aromatic rings. The minimum Gasteiger partial charge on any atom is -0.347 e. The monoisotopic (exact) mass is 232 g/mol. The number of aromatic nitrogens is 1. The van der Waals surface area contributed by atoms with E-state index in [-0.39, 0.29) is 0 Å². The highest BCUT2D eigenvalue weighted by Gasteiger charge is 2.22. The van der Waals surface area contributed by atoms with Gasteiger partial charge in [-0.05, 0) is 20.8 Å². The number of amides is 1. The van der Waals surface area contributed by atoms with Crippen molar-refractivity contribution in [1.29, 1.82) is 0 Å². The molecular formula is C10H11F3N2O. The molecule has 88 valence electrons. The number of hydrogen-bond donors (Lipinski definition) is 1. The second-order valence-corrected chi connectivity index (χ2v) is 4.30. The first-order chi connectivity index (χ1) is 7.20. The number of pyridine rings is 1. The van der Waals surface area contributed by atoms with Gasteiger partial charge in [0.1, 0.15) is 0 Å². The zero-order valence-corrected chi connectivity index (χ0v) is 9.07. The number of carbonyl (C=O) groups is 1. The smallest absolute Gasteiger partial charge is 0.254 e. The van der Waals surface area contributed by atoms with Crippen LogP contribution in [0.4, 0.5) is 13.2 Å². The maximum atomic E-state index is 13.1. The first-order valence-corrected chi connectivity index (χ1v) is 4.55. The molecule has 0 radical (unpaired) electrons. The van der Waals surface area contributed by atoms with Gasteiger partial charge in [-0.15, -0.1) is 0 Å². The second-order valence-electron chi connectivity index (χ2n) is 4.30. The van der Waals surface area contributed by atoms with Crippen molar-refractivity contribution in [2.75, 3.05) is 0 Å². The normalized spacial score (nSPS) is 11.4. The molecule has 3 nitrogen and oxygen atoms in total. The molecule has 0 aliphatic rings. The summed E-state index contributed by atoms with van der Waals surface area (Å²) >= 11 is 0. The third kappa shape index (κ3) is 2.95. The van der Waals surface area contributed by atoms with Crippen LogP contribution in [0.3, 0.4) is 0 Å². The number of nitrogens with one attached hydrogen (secondary N) is 1. The number of rotatable bonds is 1. The SMILES string of the molecule is CC(C)(C)NC(=O)c1cc(F)nc(F)c1F. The fourth-order valence-corrected chi connectivity index (χ4v) is 1.04. The van der Waals surface area contributed by atoms with Gasteiger partial charge in [-0.25, -0.2) is 4.39 Å². The number of nitrogens with zero attached hydrogens (tertiary/aromatic N) is 1. The Morgan fingerprint density at radius 3 is 2.38 bits per heavy atom. The Hall–Kier alpha value is -1.59. The number of hydrogen-bond acceptors (Lipinski definition) is 2. The average Bonchev–Trinajstić information content (AvgIpc) is 2.08. The van der Waals surface area contributed by atoms with Crippen molar-refractivity contribution in [3.05, 3.63) is 29.3 Å². The van der Waals surface area contributed by atoms with E-state index in [1.54, 1.807) is 20.8 Å². The van der Waals surface area contributed by atoms with E-state index in [0.29, 0.717) is 6.07 Å². The lowest BCUT2D eigenvalue weighted by molar-refractivity contribution is 0.0913. The van der Waals surface area contributed by atoms with Gasteiger partial charge in [-0.2, -0.15) is 13.8 Å². The molecule has 0 bridgehead atoms. The maximum absolute atomic E-state index is 13.1. The van der Waals surface area contributed by atoms with Gasteiger partial charge in [0, 0.05) is 11.6 Å². The highest BCUT2D eigenvalue weighted by atomic mass is 19.2. The van der Waals surface area contributed by atoms with Gasteiger partial charge in [0.2, 0.25) is 5.95 Å². The molecule has 16 heavy (non-hydrogen) atoms. The fourth-order valence-electron chi connectivity index (χ4n) is 1.04. The molecule has 1 rings (SSSR count). The highest BCUT2D eigenvalue weighted by molar-refractivity contribution is 5.94. The molecule has 1 heterocycles. The summed E-state index contributed by atoms with van der Waals surface area (Å²) in [5, 5.41) is 2.39. The van der Waals surface area contributed by atoms with Crippen molar-refractivity contribution in [2.45, 2.75) is 26.3 Å². The Morgan fingerprint density at radius 2 is 1.88 bits per heavy atom. The molecule has 0 fully saturated rings. The van der Waals surface area contributed by atoms with Crippen LogP contribution in [0.15, 0.2) is 6.07 Å². The molecule has 1 aromatic heterocycles. The van der Waals surface area contributed by atoms with E-state index in [2.05, 4.69) is 10.3 Å². The molecule has 1 amide bonds. The molecular weight excluding hydrogens is 221 g/mol. The Balaban J connectivity index is 3.09. The third-order valence-electron chi connectivity index (χ3n) is 1.62. The van der Waals surface area contributed by atoms with Crippen LogP contribution in [0.1, 0.15) is 31.1 Å². The second kappa shape index (κ2) is 4.11. The minimum absolute atomic E-state index is 0.555. The summed E-state index contributed by atoms with van der Waals surface area (Å²) in [6, 6.07) is 0.555. The Kier molecular flexibility index (Phi) is 3.21. The zero-order valence-electron chi connectivity index (χ0n) is 9.07. The molecule has 0 atom stereocenters. The summed E-state index contributed by atoms with van der Waals surface area (Å²) in [4.78, 5) is 14.1. The summed E-state index contributed by atoms with van der Waals surface area (Å²) < 4.78 is 38.6. The minimum atomic E-state index is -1.63. The number of halogens is 3. The van der Waals surface area contributed by atoms with Crippen LogP contribution in [0.5, 0.6) is 0 Å². The van der Waals surface area contributed by atoms with Crippen LogP contribution in [-0.2, 0) is 0 Å². The van der Waals surface area contributed by atoms with Gasteiger partial charge in [0.15, 0.2) is 5.82 Å². The summed E-state index contributed by atoms with van der Waals surface area (Å²) in [5.41, 5.74) is -1.32. The van der Waals surface area contributed by atoms with Gasteiger partial charge in [0.25, 0.3) is 11.9 Å². The predicted octanol–water partition coefficient (Wildman–Crippen LogP) is 2.03. The topological polar surface area (TPSA) is 42.0 Å². The van der Waals surface area contributed by atoms with Crippen molar-refractivity contribution in [2.24, 2.45) is 0 Å². The lowest BCUT2D eigenvalue weighted by Crippen LogP contribution is -2.41. The van der Waals surface area contributed by atoms with Crippen molar-refractivity contribution < 1.29 is 18.0 Å². The van der Waals surface area contributed by atoms with E-state index < -0.39 is 34.7 Å². The number of carbonyl (C=O) groups excluding carboxylic acids is 1. The molecule has 0 unspecified atom stereocenters. The molecule has 0 aromatic carbocycles. The molecule has 0 saturated heterocycles. The van der Waals surface area contributed by atoms with Gasteiger partial charge < -0.3 is 5.32 Å². The molecule has 0 saturated carbocycles. The van der Waals surface area contributed by atoms with Crippen molar-refractivity contribution in [3.8, 4) is 0 Å². The van der Waals surface area contributed by atoms with Crippen LogP contribution in [0.2, 0.25) is 0 Å². The standard InChI is InChI=1S/C10H11F3N2O/c1-10(2,3)15-9(16)5-4-6(11)14-8(13)7(5)12/h4H,1-3H3,(H,15,16). The molecule has 6 heteroatoms. The summed E-state index contributed by atoms with van der Waals surface area (Å²) in [6.07, 6.45) is 0. The van der Waals surface area contributed by atoms with Crippen molar-refractivity contribution >= 4 is 5.91 Å². The van der Waals surface area contributed by atoms with Crippen LogP contribution in [0.25, 0.3) is 0 Å². The highest BCUT2D eigenvalue weighted by Crippen LogP contribution is 2.12. The fraction of sp³-hybridized carbons (Fsp3) is 0.400. The zero-order chi connectivity index (χ0) is 12.5. The van der Waals surface area contributed by atoms with Crippen LogP contribution in [0, 0.1) is 17.7 Å². The van der Waals surface area contributed by atoms with Crippen molar-refractivity contribution in [1.82, 2.24) is 10.3 Å². The van der Waals surface area contributed by atoms with Gasteiger partial charge in [0.05, 0.1) is 5.56 Å². The average molecular weight is 232 g/mol.